The lowest BCUT2D eigenvalue weighted by Crippen LogP contribution is -1.97. The van der Waals surface area contributed by atoms with E-state index in [1.165, 1.54) is 23.7 Å². The number of thiophene rings is 1. The molecule has 0 bridgehead atoms. The van der Waals surface area contributed by atoms with Crippen LogP contribution in [0, 0.1) is 12.7 Å². The predicted octanol–water partition coefficient (Wildman–Crippen LogP) is 3.88. The molecular weight excluding hydrogens is 249 g/mol. The third-order valence-electron chi connectivity index (χ3n) is 2.64. The third-order valence-corrected chi connectivity index (χ3v) is 3.46. The molecule has 0 saturated carbocycles. The van der Waals surface area contributed by atoms with Gasteiger partial charge >= 0.3 is 0 Å². The van der Waals surface area contributed by atoms with Crippen LogP contribution in [0.2, 0.25) is 0 Å². The number of aromatic nitrogens is 2. The molecule has 3 aromatic rings. The summed E-state index contributed by atoms with van der Waals surface area (Å²) in [6.45, 7) is 1.92. The maximum absolute atomic E-state index is 13.7. The summed E-state index contributed by atoms with van der Waals surface area (Å²) in [6, 6.07) is 6.87. The van der Waals surface area contributed by atoms with Gasteiger partial charge in [0.05, 0.1) is 11.1 Å². The fourth-order valence-electron chi connectivity index (χ4n) is 1.75. The second kappa shape index (κ2) is 4.34. The van der Waals surface area contributed by atoms with E-state index < -0.39 is 0 Å². The molecule has 2 aromatic heterocycles. The first-order chi connectivity index (χ1) is 8.74. The van der Waals surface area contributed by atoms with Crippen LogP contribution >= 0.6 is 11.3 Å². The number of rotatable bonds is 2. The monoisotopic (exact) mass is 259 g/mol. The number of hydrogen-bond acceptors (Lipinski definition) is 4. The van der Waals surface area contributed by atoms with Crippen LogP contribution in [0.15, 0.2) is 36.0 Å². The van der Waals surface area contributed by atoms with Crippen molar-refractivity contribution in [2.75, 3.05) is 5.32 Å². The highest BCUT2D eigenvalue weighted by atomic mass is 32.1. The average Bonchev–Trinajstić information content (AvgIpc) is 2.83. The Hall–Kier alpha value is -2.01. The van der Waals surface area contributed by atoms with E-state index in [2.05, 4.69) is 15.3 Å². The number of halogens is 1. The van der Waals surface area contributed by atoms with Gasteiger partial charge in [0.25, 0.3) is 0 Å². The van der Waals surface area contributed by atoms with E-state index in [0.29, 0.717) is 11.5 Å². The highest BCUT2D eigenvalue weighted by Gasteiger charge is 2.07. The quantitative estimate of drug-likeness (QED) is 0.758. The van der Waals surface area contributed by atoms with Gasteiger partial charge in [0.2, 0.25) is 0 Å². The average molecular weight is 259 g/mol. The Bertz CT molecular complexity index is 708. The molecule has 0 unspecified atom stereocenters. The van der Waals surface area contributed by atoms with Gasteiger partial charge in [-0.05, 0) is 36.1 Å². The van der Waals surface area contributed by atoms with Crippen LogP contribution in [0.25, 0.3) is 10.2 Å². The van der Waals surface area contributed by atoms with Crippen LogP contribution in [0.3, 0.4) is 0 Å². The summed E-state index contributed by atoms with van der Waals surface area (Å²) >= 11 is 1.53. The summed E-state index contributed by atoms with van der Waals surface area (Å²) in [5.74, 6) is 0.341. The number of anilines is 2. The van der Waals surface area contributed by atoms with Crippen LogP contribution in [-0.4, -0.2) is 9.97 Å². The molecule has 2 heterocycles. The molecule has 0 aliphatic heterocycles. The van der Waals surface area contributed by atoms with E-state index in [1.807, 2.05) is 18.4 Å². The largest absolute Gasteiger partial charge is 0.337 e. The molecule has 0 saturated heterocycles. The molecule has 0 amide bonds. The van der Waals surface area contributed by atoms with Gasteiger partial charge in [-0.3, -0.25) is 0 Å². The minimum atomic E-state index is -0.289. The smallest absolute Gasteiger partial charge is 0.146 e. The zero-order chi connectivity index (χ0) is 12.5. The maximum Gasteiger partial charge on any atom is 0.146 e. The van der Waals surface area contributed by atoms with E-state index in [1.54, 1.807) is 12.1 Å². The van der Waals surface area contributed by atoms with Crippen molar-refractivity contribution in [2.45, 2.75) is 6.92 Å². The highest BCUT2D eigenvalue weighted by Crippen LogP contribution is 2.27. The van der Waals surface area contributed by atoms with Crippen molar-refractivity contribution in [3.8, 4) is 0 Å². The van der Waals surface area contributed by atoms with Gasteiger partial charge in [0.1, 0.15) is 22.8 Å². The van der Waals surface area contributed by atoms with Gasteiger partial charge in [0.15, 0.2) is 0 Å². The van der Waals surface area contributed by atoms with Gasteiger partial charge < -0.3 is 5.32 Å². The number of aryl methyl sites for hydroxylation is 1. The van der Waals surface area contributed by atoms with E-state index in [-0.39, 0.29) is 5.82 Å². The molecule has 0 aliphatic rings. The summed E-state index contributed by atoms with van der Waals surface area (Å²) in [7, 11) is 0. The minimum Gasteiger partial charge on any atom is -0.337 e. The second-order valence-corrected chi connectivity index (χ2v) is 4.86. The third kappa shape index (κ3) is 1.93. The van der Waals surface area contributed by atoms with Gasteiger partial charge in [-0.15, -0.1) is 11.3 Å². The zero-order valence-corrected chi connectivity index (χ0v) is 10.5. The first-order valence-electron chi connectivity index (χ1n) is 5.45. The van der Waals surface area contributed by atoms with Crippen molar-refractivity contribution in [3.63, 3.8) is 0 Å². The van der Waals surface area contributed by atoms with Gasteiger partial charge in [-0.2, -0.15) is 0 Å². The lowest BCUT2D eigenvalue weighted by molar-refractivity contribution is 0.631. The molecule has 0 atom stereocenters. The number of hydrogen-bond donors (Lipinski definition) is 1. The van der Waals surface area contributed by atoms with E-state index in [9.17, 15) is 4.39 Å². The molecule has 0 aliphatic carbocycles. The Balaban J connectivity index is 2.06. The second-order valence-electron chi connectivity index (χ2n) is 3.97. The summed E-state index contributed by atoms with van der Waals surface area (Å²) in [5.41, 5.74) is 1.43. The van der Waals surface area contributed by atoms with E-state index in [0.717, 1.165) is 15.8 Å². The SMILES string of the molecule is Cc1ccc(F)c(Nc2ncnc3sccc23)c1. The maximum atomic E-state index is 13.7. The Labute approximate surface area is 107 Å². The summed E-state index contributed by atoms with van der Waals surface area (Å²) in [5, 5.41) is 5.87. The Kier molecular flexibility index (Phi) is 2.68. The lowest BCUT2D eigenvalue weighted by Gasteiger charge is -2.08. The van der Waals surface area contributed by atoms with Crippen LogP contribution in [0.4, 0.5) is 15.9 Å². The summed E-state index contributed by atoms with van der Waals surface area (Å²) < 4.78 is 13.7. The van der Waals surface area contributed by atoms with Crippen molar-refractivity contribution in [1.29, 1.82) is 0 Å². The van der Waals surface area contributed by atoms with Crippen molar-refractivity contribution in [2.24, 2.45) is 0 Å². The Morgan fingerprint density at radius 3 is 3.00 bits per heavy atom. The topological polar surface area (TPSA) is 37.8 Å². The first-order valence-corrected chi connectivity index (χ1v) is 6.33. The van der Waals surface area contributed by atoms with Crippen molar-refractivity contribution in [3.05, 3.63) is 47.4 Å². The van der Waals surface area contributed by atoms with Crippen molar-refractivity contribution < 1.29 is 4.39 Å². The predicted molar refractivity (Wildman–Crippen MR) is 71.8 cm³/mol. The van der Waals surface area contributed by atoms with Gasteiger partial charge in [-0.1, -0.05) is 6.07 Å². The lowest BCUT2D eigenvalue weighted by atomic mass is 10.2. The van der Waals surface area contributed by atoms with E-state index in [4.69, 9.17) is 0 Å². The molecule has 90 valence electrons. The zero-order valence-electron chi connectivity index (χ0n) is 9.64. The molecule has 0 fully saturated rings. The molecule has 1 N–H and O–H groups in total. The number of fused-ring (bicyclic) bond motifs is 1. The van der Waals surface area contributed by atoms with E-state index >= 15 is 0 Å². The minimum absolute atomic E-state index is 0.289. The number of nitrogens with one attached hydrogen (secondary N) is 1. The van der Waals surface area contributed by atoms with Gasteiger partial charge in [-0.25, -0.2) is 14.4 Å². The molecule has 3 rings (SSSR count). The molecular formula is C13H10FN3S. The molecule has 1 aromatic carbocycles. The highest BCUT2D eigenvalue weighted by molar-refractivity contribution is 7.16. The number of nitrogens with zero attached hydrogens (tertiary/aromatic N) is 2. The van der Waals surface area contributed by atoms with Gasteiger partial charge in [0, 0.05) is 0 Å². The molecule has 5 heteroatoms. The Morgan fingerprint density at radius 2 is 2.11 bits per heavy atom. The first kappa shape index (κ1) is 11.1. The van der Waals surface area contributed by atoms with Crippen LogP contribution in [-0.2, 0) is 0 Å². The molecule has 0 spiro atoms. The Morgan fingerprint density at radius 1 is 1.22 bits per heavy atom. The molecule has 0 radical (unpaired) electrons. The van der Waals surface area contributed by atoms with Crippen LogP contribution < -0.4 is 5.32 Å². The van der Waals surface area contributed by atoms with Crippen molar-refractivity contribution >= 4 is 33.1 Å². The molecule has 3 nitrogen and oxygen atoms in total. The standard InChI is InChI=1S/C13H10FN3S/c1-8-2-3-10(14)11(6-8)17-12-9-4-5-18-13(9)16-7-15-12/h2-7H,1H3,(H,15,16,17). The molecule has 18 heavy (non-hydrogen) atoms. The summed E-state index contributed by atoms with van der Waals surface area (Å²) in [6.07, 6.45) is 1.48. The van der Waals surface area contributed by atoms with Crippen molar-refractivity contribution in [1.82, 2.24) is 9.97 Å². The normalized spacial score (nSPS) is 10.8. The van der Waals surface area contributed by atoms with Crippen LogP contribution in [0.1, 0.15) is 5.56 Å². The summed E-state index contributed by atoms with van der Waals surface area (Å²) in [4.78, 5) is 9.21. The number of benzene rings is 1. The fourth-order valence-corrected chi connectivity index (χ4v) is 2.48. The van der Waals surface area contributed by atoms with Crippen LogP contribution in [0.5, 0.6) is 0 Å². The fraction of sp³-hybridized carbons (Fsp3) is 0.0769.